The quantitative estimate of drug-likeness (QED) is 0.552. The molecule has 0 unspecified atom stereocenters. The molecule has 1 aromatic heterocycles. The lowest BCUT2D eigenvalue weighted by Gasteiger charge is -2.33. The number of hydrogen-bond acceptors (Lipinski definition) is 5. The maximum absolute atomic E-state index is 13.9. The molecule has 0 fully saturated rings. The summed E-state index contributed by atoms with van der Waals surface area (Å²) in [7, 11) is 0. The van der Waals surface area contributed by atoms with Crippen LogP contribution in [0.1, 0.15) is 6.92 Å². The van der Waals surface area contributed by atoms with E-state index in [9.17, 15) is 22.8 Å². The number of pyridine rings is 1. The lowest BCUT2D eigenvalue weighted by Crippen LogP contribution is -2.69. The number of urea groups is 1. The summed E-state index contributed by atoms with van der Waals surface area (Å²) in [6.45, 7) is 0.954. The number of carbonyl (C=O) groups is 2. The number of alkyl halides is 3. The van der Waals surface area contributed by atoms with E-state index in [-0.39, 0.29) is 23.2 Å². The van der Waals surface area contributed by atoms with Crippen LogP contribution >= 0.6 is 11.6 Å². The molecule has 1 heterocycles. The summed E-state index contributed by atoms with van der Waals surface area (Å²) in [5.41, 5.74) is -3.78. The fourth-order valence-corrected chi connectivity index (χ4v) is 2.13. The van der Waals surface area contributed by atoms with Crippen LogP contribution in [0.25, 0.3) is 0 Å². The van der Waals surface area contributed by atoms with E-state index in [2.05, 4.69) is 15.0 Å². The number of carbonyl (C=O) groups excluding carboxylic acids is 2. The molecule has 0 saturated heterocycles. The first-order chi connectivity index (χ1) is 13.2. The van der Waals surface area contributed by atoms with Gasteiger partial charge < -0.3 is 9.47 Å². The number of amides is 2. The lowest BCUT2D eigenvalue weighted by atomic mass is 10.2. The van der Waals surface area contributed by atoms with E-state index in [1.165, 1.54) is 54.8 Å². The van der Waals surface area contributed by atoms with Crippen molar-refractivity contribution in [3.63, 3.8) is 0 Å². The van der Waals surface area contributed by atoms with E-state index in [1.54, 1.807) is 6.07 Å². The third-order valence-electron chi connectivity index (χ3n) is 3.23. The Morgan fingerprint density at radius 3 is 2.36 bits per heavy atom. The molecular weight excluding hydrogens is 403 g/mol. The number of aromatic nitrogens is 1. The van der Waals surface area contributed by atoms with Crippen molar-refractivity contribution in [2.75, 3.05) is 11.9 Å². The van der Waals surface area contributed by atoms with Crippen molar-refractivity contribution in [3.05, 3.63) is 53.7 Å². The minimum absolute atomic E-state index is 0.0958. The molecule has 0 radical (unpaired) electrons. The van der Waals surface area contributed by atoms with Crippen molar-refractivity contribution in [3.8, 4) is 5.75 Å². The van der Waals surface area contributed by atoms with Crippen molar-refractivity contribution >= 4 is 29.4 Å². The van der Waals surface area contributed by atoms with Crippen LogP contribution in [0, 0.1) is 0 Å². The number of nitrogens with zero attached hydrogens (tertiary/aromatic N) is 1. The molecule has 2 N–H and O–H groups in total. The first-order valence-electron chi connectivity index (χ1n) is 7.86. The Labute approximate surface area is 162 Å². The van der Waals surface area contributed by atoms with Crippen LogP contribution in [-0.2, 0) is 9.53 Å². The van der Waals surface area contributed by atoms with E-state index < -0.39 is 23.9 Å². The van der Waals surface area contributed by atoms with Crippen LogP contribution in [0.15, 0.2) is 48.7 Å². The van der Waals surface area contributed by atoms with Gasteiger partial charge in [0.05, 0.1) is 11.6 Å². The van der Waals surface area contributed by atoms with Crippen LogP contribution in [0.2, 0.25) is 5.02 Å². The number of benzene rings is 1. The van der Waals surface area contributed by atoms with Gasteiger partial charge in [0.2, 0.25) is 0 Å². The number of halogens is 4. The van der Waals surface area contributed by atoms with E-state index in [0.717, 1.165) is 0 Å². The number of ether oxygens (including phenoxy) is 2. The molecular formula is C17H15ClF3N3O4. The number of esters is 1. The van der Waals surface area contributed by atoms with E-state index in [1.807, 2.05) is 0 Å². The second-order valence-corrected chi connectivity index (χ2v) is 5.69. The normalized spacial score (nSPS) is 13.2. The van der Waals surface area contributed by atoms with Gasteiger partial charge in [0.15, 0.2) is 0 Å². The van der Waals surface area contributed by atoms with Gasteiger partial charge in [0.25, 0.3) is 0 Å². The Morgan fingerprint density at radius 2 is 1.82 bits per heavy atom. The monoisotopic (exact) mass is 417 g/mol. The molecule has 0 spiro atoms. The molecule has 1 atom stereocenters. The van der Waals surface area contributed by atoms with Gasteiger partial charge in [0, 0.05) is 6.20 Å². The third kappa shape index (κ3) is 5.03. The summed E-state index contributed by atoms with van der Waals surface area (Å²) >= 11 is 5.66. The molecule has 1 aromatic carbocycles. The van der Waals surface area contributed by atoms with Gasteiger partial charge in [-0.3, -0.25) is 10.6 Å². The SMILES string of the molecule is CCOC(=O)[C@](NC(=O)Nc1ccc(Cl)cn1)(Oc1ccccc1)C(F)(F)F. The van der Waals surface area contributed by atoms with Gasteiger partial charge >= 0.3 is 23.9 Å². The second kappa shape index (κ2) is 8.79. The molecule has 28 heavy (non-hydrogen) atoms. The van der Waals surface area contributed by atoms with Crippen LogP contribution < -0.4 is 15.4 Å². The molecule has 0 saturated carbocycles. The number of rotatable bonds is 6. The van der Waals surface area contributed by atoms with Gasteiger partial charge in [-0.2, -0.15) is 13.2 Å². The zero-order chi connectivity index (χ0) is 20.8. The van der Waals surface area contributed by atoms with Gasteiger partial charge in [-0.1, -0.05) is 29.8 Å². The molecule has 150 valence electrons. The molecule has 0 aliphatic rings. The highest BCUT2D eigenvalue weighted by atomic mass is 35.5. The minimum Gasteiger partial charge on any atom is -0.461 e. The third-order valence-corrected chi connectivity index (χ3v) is 3.46. The van der Waals surface area contributed by atoms with Crippen LogP contribution in [0.5, 0.6) is 5.75 Å². The Bertz CT molecular complexity index is 819. The summed E-state index contributed by atoms with van der Waals surface area (Å²) in [5.74, 6) is -2.23. The molecule has 0 aliphatic carbocycles. The highest BCUT2D eigenvalue weighted by molar-refractivity contribution is 6.30. The molecule has 0 aliphatic heterocycles. The standard InChI is InChI=1S/C17H15ClF3N3O4/c1-2-27-14(25)16(17(19,20)21,28-12-6-4-3-5-7-12)24-15(26)23-13-9-8-11(18)10-22-13/h3-10H,2H2,1H3,(H2,22,23,24,26)/t16-/m0/s1. The summed E-state index contributed by atoms with van der Waals surface area (Å²) in [6.07, 6.45) is -4.17. The van der Waals surface area contributed by atoms with Crippen molar-refractivity contribution in [2.24, 2.45) is 0 Å². The maximum atomic E-state index is 13.9. The average molecular weight is 418 g/mol. The number of anilines is 1. The molecule has 2 aromatic rings. The number of nitrogens with one attached hydrogen (secondary N) is 2. The Balaban J connectivity index is 2.36. The molecule has 7 nitrogen and oxygen atoms in total. The summed E-state index contributed by atoms with van der Waals surface area (Å²) < 4.78 is 51.1. The largest absolute Gasteiger partial charge is 0.461 e. The van der Waals surface area contributed by atoms with Crippen molar-refractivity contribution < 1.29 is 32.2 Å². The fraction of sp³-hybridized carbons (Fsp3) is 0.235. The summed E-state index contributed by atoms with van der Waals surface area (Å²) in [5, 5.41) is 3.85. The fourth-order valence-electron chi connectivity index (χ4n) is 2.02. The predicted octanol–water partition coefficient (Wildman–Crippen LogP) is 3.76. The maximum Gasteiger partial charge on any atom is 0.460 e. The van der Waals surface area contributed by atoms with E-state index >= 15 is 0 Å². The van der Waals surface area contributed by atoms with E-state index in [4.69, 9.17) is 16.3 Å². The summed E-state index contributed by atoms with van der Waals surface area (Å²) in [6, 6.07) is 7.97. The van der Waals surface area contributed by atoms with Gasteiger partial charge in [-0.05, 0) is 31.2 Å². The summed E-state index contributed by atoms with van der Waals surface area (Å²) in [4.78, 5) is 28.1. The van der Waals surface area contributed by atoms with Gasteiger partial charge in [-0.15, -0.1) is 0 Å². The topological polar surface area (TPSA) is 89.5 Å². The Morgan fingerprint density at radius 1 is 1.14 bits per heavy atom. The zero-order valence-electron chi connectivity index (χ0n) is 14.4. The first-order valence-corrected chi connectivity index (χ1v) is 8.24. The molecule has 2 amide bonds. The van der Waals surface area contributed by atoms with Crippen molar-refractivity contribution in [1.82, 2.24) is 10.3 Å². The Hall–Kier alpha value is -3.01. The zero-order valence-corrected chi connectivity index (χ0v) is 15.2. The first kappa shape index (κ1) is 21.3. The van der Waals surface area contributed by atoms with Crippen LogP contribution in [0.4, 0.5) is 23.8 Å². The molecule has 2 rings (SSSR count). The van der Waals surface area contributed by atoms with Gasteiger partial charge in [-0.25, -0.2) is 14.6 Å². The van der Waals surface area contributed by atoms with Crippen LogP contribution in [0.3, 0.4) is 0 Å². The van der Waals surface area contributed by atoms with Crippen LogP contribution in [-0.4, -0.2) is 35.5 Å². The highest BCUT2D eigenvalue weighted by Crippen LogP contribution is 2.34. The van der Waals surface area contributed by atoms with E-state index in [0.29, 0.717) is 0 Å². The van der Waals surface area contributed by atoms with Crippen molar-refractivity contribution in [2.45, 2.75) is 18.8 Å². The smallest absolute Gasteiger partial charge is 0.460 e. The predicted molar refractivity (Wildman–Crippen MR) is 93.9 cm³/mol. The molecule has 11 heteroatoms. The molecule has 0 bridgehead atoms. The highest BCUT2D eigenvalue weighted by Gasteiger charge is 2.66. The average Bonchev–Trinajstić information content (AvgIpc) is 2.63. The number of para-hydroxylation sites is 1. The Kier molecular flexibility index (Phi) is 6.68. The van der Waals surface area contributed by atoms with Crippen molar-refractivity contribution in [1.29, 1.82) is 0 Å². The van der Waals surface area contributed by atoms with Gasteiger partial charge in [0.1, 0.15) is 11.6 Å². The minimum atomic E-state index is -5.35. The second-order valence-electron chi connectivity index (χ2n) is 5.26. The number of hydrogen-bond donors (Lipinski definition) is 2. The lowest BCUT2D eigenvalue weighted by molar-refractivity contribution is -0.259.